The van der Waals surface area contributed by atoms with Crippen molar-refractivity contribution in [3.63, 3.8) is 0 Å². The molecule has 0 unspecified atom stereocenters. The van der Waals surface area contributed by atoms with Gasteiger partial charge in [0.05, 0.1) is 17.9 Å². The first-order valence-electron chi connectivity index (χ1n) is 10.5. The lowest BCUT2D eigenvalue weighted by atomic mass is 9.89. The summed E-state index contributed by atoms with van der Waals surface area (Å²) in [5, 5.41) is 8.43. The number of carbonyl (C=O) groups is 2. The van der Waals surface area contributed by atoms with Crippen molar-refractivity contribution in [1.82, 2.24) is 9.88 Å². The van der Waals surface area contributed by atoms with E-state index in [9.17, 15) is 9.59 Å². The Kier molecular flexibility index (Phi) is 6.46. The number of para-hydroxylation sites is 1. The number of nitrogens with zero attached hydrogens (tertiary/aromatic N) is 2. The van der Waals surface area contributed by atoms with Gasteiger partial charge in [-0.15, -0.1) is 11.3 Å². The minimum Gasteiger partial charge on any atom is -0.373 e. The fraction of sp³-hybridized carbons (Fsp3) is 0.500. The Morgan fingerprint density at radius 2 is 2.07 bits per heavy atom. The molecule has 3 atom stereocenters. The molecule has 7 nitrogen and oxygen atoms in total. The summed E-state index contributed by atoms with van der Waals surface area (Å²) in [6.07, 6.45) is 1.93. The molecule has 8 heteroatoms. The summed E-state index contributed by atoms with van der Waals surface area (Å²) in [6.45, 7) is 6.69. The molecule has 2 aromatic rings. The SMILES string of the molecule is C[C@@H]1CN(Cc2csc(NC(=O)CC[C@@H]3Cc4ccccc4NC3=O)n2)C[C@H](C)O1. The van der Waals surface area contributed by atoms with Crippen LogP contribution in [0.5, 0.6) is 0 Å². The number of hydrogen-bond donors (Lipinski definition) is 2. The predicted molar refractivity (Wildman–Crippen MR) is 118 cm³/mol. The number of amides is 2. The molecule has 0 bridgehead atoms. The first-order chi connectivity index (χ1) is 14.5. The summed E-state index contributed by atoms with van der Waals surface area (Å²) < 4.78 is 5.77. The number of anilines is 2. The van der Waals surface area contributed by atoms with Crippen LogP contribution >= 0.6 is 11.3 Å². The third-order valence-corrected chi connectivity index (χ3v) is 6.32. The molecule has 1 fully saturated rings. The van der Waals surface area contributed by atoms with E-state index in [0.717, 1.165) is 36.6 Å². The Balaban J connectivity index is 1.25. The number of thiazole rings is 1. The highest BCUT2D eigenvalue weighted by Crippen LogP contribution is 2.28. The number of aromatic nitrogens is 1. The Labute approximate surface area is 180 Å². The summed E-state index contributed by atoms with van der Waals surface area (Å²) >= 11 is 1.44. The molecule has 1 aromatic heterocycles. The van der Waals surface area contributed by atoms with Gasteiger partial charge in [0.2, 0.25) is 11.8 Å². The smallest absolute Gasteiger partial charge is 0.227 e. The van der Waals surface area contributed by atoms with Crippen LogP contribution in [-0.2, 0) is 27.3 Å². The van der Waals surface area contributed by atoms with Gasteiger partial charge in [-0.05, 0) is 38.3 Å². The normalized spacial score (nSPS) is 24.2. The number of nitrogens with one attached hydrogen (secondary N) is 2. The second-order valence-electron chi connectivity index (χ2n) is 8.23. The van der Waals surface area contributed by atoms with Crippen molar-refractivity contribution < 1.29 is 14.3 Å². The molecule has 0 spiro atoms. The number of morpholine rings is 1. The molecule has 0 saturated carbocycles. The van der Waals surface area contributed by atoms with Gasteiger partial charge in [-0.2, -0.15) is 0 Å². The van der Waals surface area contributed by atoms with E-state index >= 15 is 0 Å². The highest BCUT2D eigenvalue weighted by atomic mass is 32.1. The molecular weight excluding hydrogens is 400 g/mol. The van der Waals surface area contributed by atoms with Crippen molar-refractivity contribution in [3.05, 3.63) is 40.9 Å². The molecule has 2 aliphatic heterocycles. The van der Waals surface area contributed by atoms with E-state index in [1.165, 1.54) is 11.3 Å². The van der Waals surface area contributed by atoms with Crippen LogP contribution in [0.2, 0.25) is 0 Å². The van der Waals surface area contributed by atoms with E-state index in [1.54, 1.807) is 0 Å². The van der Waals surface area contributed by atoms with Gasteiger partial charge >= 0.3 is 0 Å². The summed E-state index contributed by atoms with van der Waals surface area (Å²) in [5.41, 5.74) is 2.96. The van der Waals surface area contributed by atoms with E-state index in [-0.39, 0.29) is 29.9 Å². The Morgan fingerprint density at radius 1 is 1.30 bits per heavy atom. The summed E-state index contributed by atoms with van der Waals surface area (Å²) in [4.78, 5) is 31.6. The number of carbonyl (C=O) groups excluding carboxylic acids is 2. The topological polar surface area (TPSA) is 83.6 Å². The Hall–Kier alpha value is -2.29. The maximum atomic E-state index is 12.4. The second-order valence-corrected chi connectivity index (χ2v) is 9.09. The minimum atomic E-state index is -0.178. The van der Waals surface area contributed by atoms with Crippen LogP contribution in [0.25, 0.3) is 0 Å². The molecule has 3 heterocycles. The standard InChI is InChI=1S/C22H28N4O3S/c1-14-10-26(11-15(2)29-14)12-18-13-30-22(23-18)25-20(27)8-7-17-9-16-5-3-4-6-19(16)24-21(17)28/h3-6,13-15,17H,7-12H2,1-2H3,(H,24,28)(H,23,25,27)/t14-,15+,17-/m1/s1. The number of fused-ring (bicyclic) bond motifs is 1. The Morgan fingerprint density at radius 3 is 2.87 bits per heavy atom. The number of benzene rings is 1. The van der Waals surface area contributed by atoms with Gasteiger partial charge in [-0.3, -0.25) is 14.5 Å². The average molecular weight is 429 g/mol. The largest absolute Gasteiger partial charge is 0.373 e. The van der Waals surface area contributed by atoms with E-state index in [1.807, 2.05) is 29.6 Å². The molecule has 4 rings (SSSR count). The zero-order chi connectivity index (χ0) is 21.1. The lowest BCUT2D eigenvalue weighted by Crippen LogP contribution is -2.44. The van der Waals surface area contributed by atoms with Crippen LogP contribution in [0.15, 0.2) is 29.6 Å². The number of ether oxygens (including phenoxy) is 1. The molecule has 2 N–H and O–H groups in total. The minimum absolute atomic E-state index is 0.00740. The second kappa shape index (κ2) is 9.24. The Bertz CT molecular complexity index is 905. The zero-order valence-corrected chi connectivity index (χ0v) is 18.2. The van der Waals surface area contributed by atoms with Crippen molar-refractivity contribution in [2.24, 2.45) is 5.92 Å². The molecular formula is C22H28N4O3S. The van der Waals surface area contributed by atoms with E-state index in [0.29, 0.717) is 24.4 Å². The summed E-state index contributed by atoms with van der Waals surface area (Å²) in [6, 6.07) is 7.82. The molecule has 30 heavy (non-hydrogen) atoms. The first-order valence-corrected chi connectivity index (χ1v) is 11.3. The van der Waals surface area contributed by atoms with Gasteiger partial charge in [-0.25, -0.2) is 4.98 Å². The van der Waals surface area contributed by atoms with Gasteiger partial charge in [0.15, 0.2) is 5.13 Å². The summed E-state index contributed by atoms with van der Waals surface area (Å²) in [7, 11) is 0. The van der Waals surface area contributed by atoms with Crippen molar-refractivity contribution in [1.29, 1.82) is 0 Å². The van der Waals surface area contributed by atoms with Gasteiger partial charge in [0.1, 0.15) is 0 Å². The number of hydrogen-bond acceptors (Lipinski definition) is 6. The van der Waals surface area contributed by atoms with Gasteiger partial charge < -0.3 is 15.4 Å². The van der Waals surface area contributed by atoms with Crippen LogP contribution in [0, 0.1) is 5.92 Å². The summed E-state index contributed by atoms with van der Waals surface area (Å²) in [5.74, 6) is -0.286. The van der Waals surface area contributed by atoms with Gasteiger partial charge in [-0.1, -0.05) is 18.2 Å². The zero-order valence-electron chi connectivity index (χ0n) is 17.4. The van der Waals surface area contributed by atoms with Crippen molar-refractivity contribution in [3.8, 4) is 0 Å². The molecule has 0 radical (unpaired) electrons. The monoisotopic (exact) mass is 428 g/mol. The lowest BCUT2D eigenvalue weighted by Gasteiger charge is -2.34. The number of rotatable bonds is 6. The van der Waals surface area contributed by atoms with Crippen LogP contribution in [0.1, 0.15) is 37.9 Å². The van der Waals surface area contributed by atoms with Crippen molar-refractivity contribution in [2.75, 3.05) is 23.7 Å². The van der Waals surface area contributed by atoms with E-state index < -0.39 is 0 Å². The molecule has 0 aliphatic carbocycles. The molecule has 2 aliphatic rings. The quantitative estimate of drug-likeness (QED) is 0.738. The van der Waals surface area contributed by atoms with Gasteiger partial charge in [0, 0.05) is 43.0 Å². The van der Waals surface area contributed by atoms with E-state index in [4.69, 9.17) is 4.74 Å². The fourth-order valence-electron chi connectivity index (χ4n) is 4.21. The first kappa shape index (κ1) is 21.0. The molecule has 160 valence electrons. The van der Waals surface area contributed by atoms with Crippen molar-refractivity contribution >= 4 is 34.0 Å². The molecule has 1 aromatic carbocycles. The highest BCUT2D eigenvalue weighted by Gasteiger charge is 2.26. The molecule has 1 saturated heterocycles. The van der Waals surface area contributed by atoms with Crippen LogP contribution < -0.4 is 10.6 Å². The third-order valence-electron chi connectivity index (χ3n) is 5.51. The van der Waals surface area contributed by atoms with Crippen molar-refractivity contribution in [2.45, 2.75) is 51.9 Å². The molecule has 2 amide bonds. The van der Waals surface area contributed by atoms with Crippen LogP contribution in [-0.4, -0.2) is 47.0 Å². The van der Waals surface area contributed by atoms with Crippen LogP contribution in [0.4, 0.5) is 10.8 Å². The van der Waals surface area contributed by atoms with E-state index in [2.05, 4.69) is 34.4 Å². The highest BCUT2D eigenvalue weighted by molar-refractivity contribution is 7.13. The lowest BCUT2D eigenvalue weighted by molar-refractivity contribution is -0.121. The third kappa shape index (κ3) is 5.24. The fourth-order valence-corrected chi connectivity index (χ4v) is 4.93. The van der Waals surface area contributed by atoms with Gasteiger partial charge in [0.25, 0.3) is 0 Å². The van der Waals surface area contributed by atoms with Crippen LogP contribution in [0.3, 0.4) is 0 Å². The maximum Gasteiger partial charge on any atom is 0.227 e. The maximum absolute atomic E-state index is 12.4. The predicted octanol–water partition coefficient (Wildman–Crippen LogP) is 3.28. The average Bonchev–Trinajstić information content (AvgIpc) is 3.12.